The van der Waals surface area contributed by atoms with E-state index >= 15 is 0 Å². The first-order valence-corrected chi connectivity index (χ1v) is 11.1. The number of carbonyl (C=O) groups excluding carboxylic acids is 1. The molecule has 162 valence electrons. The summed E-state index contributed by atoms with van der Waals surface area (Å²) in [6.45, 7) is 2.45. The standard InChI is InChI=1S/C25H22FN3O2S/c1-2-31-23-12-10-18(15-22(23)26)25-19(17-29(28-25)20-7-4-3-5-8-20)16-27-24(30)13-11-21-9-6-14-32-21/h3-15,17H,2,16H2,1H3,(H,27,30)/b13-11+. The third-order valence-corrected chi connectivity index (χ3v) is 5.55. The van der Waals surface area contributed by atoms with Gasteiger partial charge in [-0.05, 0) is 54.8 Å². The van der Waals surface area contributed by atoms with Gasteiger partial charge in [0.2, 0.25) is 5.91 Å². The Hall–Kier alpha value is -3.71. The molecule has 5 nitrogen and oxygen atoms in total. The van der Waals surface area contributed by atoms with E-state index in [0.29, 0.717) is 17.9 Å². The van der Waals surface area contributed by atoms with E-state index in [1.54, 1.807) is 34.2 Å². The number of para-hydroxylation sites is 1. The van der Waals surface area contributed by atoms with Crippen LogP contribution in [-0.2, 0) is 11.3 Å². The van der Waals surface area contributed by atoms with Crippen molar-refractivity contribution in [2.24, 2.45) is 0 Å². The van der Waals surface area contributed by atoms with Gasteiger partial charge in [0.15, 0.2) is 11.6 Å². The molecule has 0 saturated heterocycles. The molecule has 0 aliphatic carbocycles. The second kappa shape index (κ2) is 10.1. The normalized spacial score (nSPS) is 11.1. The zero-order valence-corrected chi connectivity index (χ0v) is 18.3. The highest BCUT2D eigenvalue weighted by atomic mass is 32.1. The minimum atomic E-state index is -0.451. The molecular weight excluding hydrogens is 425 g/mol. The number of amides is 1. The minimum absolute atomic E-state index is 0.201. The first-order chi connectivity index (χ1) is 15.6. The zero-order chi connectivity index (χ0) is 22.3. The number of carbonyl (C=O) groups is 1. The third kappa shape index (κ3) is 5.12. The smallest absolute Gasteiger partial charge is 0.244 e. The molecule has 0 saturated carbocycles. The van der Waals surface area contributed by atoms with Gasteiger partial charge in [0.1, 0.15) is 0 Å². The lowest BCUT2D eigenvalue weighted by Gasteiger charge is -2.07. The zero-order valence-electron chi connectivity index (χ0n) is 17.5. The Bertz CT molecular complexity index is 1220. The molecule has 0 radical (unpaired) electrons. The van der Waals surface area contributed by atoms with E-state index in [9.17, 15) is 9.18 Å². The van der Waals surface area contributed by atoms with Gasteiger partial charge < -0.3 is 10.1 Å². The van der Waals surface area contributed by atoms with Crippen molar-refractivity contribution in [3.63, 3.8) is 0 Å². The number of thiophene rings is 1. The number of hydrogen-bond acceptors (Lipinski definition) is 4. The molecule has 0 fully saturated rings. The summed E-state index contributed by atoms with van der Waals surface area (Å²) in [4.78, 5) is 13.3. The van der Waals surface area contributed by atoms with E-state index in [1.807, 2.05) is 61.0 Å². The monoisotopic (exact) mass is 447 g/mol. The molecule has 2 aromatic carbocycles. The molecule has 2 heterocycles. The lowest BCUT2D eigenvalue weighted by molar-refractivity contribution is -0.116. The van der Waals surface area contributed by atoms with Crippen LogP contribution in [0.15, 0.2) is 78.3 Å². The fraction of sp³-hybridized carbons (Fsp3) is 0.120. The number of hydrogen-bond donors (Lipinski definition) is 1. The third-order valence-electron chi connectivity index (χ3n) is 4.71. The maximum atomic E-state index is 14.5. The average molecular weight is 448 g/mol. The molecule has 0 atom stereocenters. The number of ether oxygens (including phenoxy) is 1. The van der Waals surface area contributed by atoms with Crippen molar-refractivity contribution in [3.05, 3.63) is 94.6 Å². The molecule has 0 aliphatic rings. The lowest BCUT2D eigenvalue weighted by Crippen LogP contribution is -2.20. The van der Waals surface area contributed by atoms with Crippen molar-refractivity contribution < 1.29 is 13.9 Å². The number of nitrogens with zero attached hydrogens (tertiary/aromatic N) is 2. The van der Waals surface area contributed by atoms with Crippen LogP contribution < -0.4 is 10.1 Å². The maximum Gasteiger partial charge on any atom is 0.244 e. The van der Waals surface area contributed by atoms with Crippen LogP contribution in [0.4, 0.5) is 4.39 Å². The predicted octanol–water partition coefficient (Wildman–Crippen LogP) is 5.47. The number of benzene rings is 2. The molecule has 0 aliphatic heterocycles. The maximum absolute atomic E-state index is 14.5. The number of rotatable bonds is 8. The fourth-order valence-electron chi connectivity index (χ4n) is 3.20. The Morgan fingerprint density at radius 2 is 2.03 bits per heavy atom. The Labute approximate surface area is 189 Å². The minimum Gasteiger partial charge on any atom is -0.491 e. The molecule has 1 N–H and O–H groups in total. The Morgan fingerprint density at radius 1 is 1.19 bits per heavy atom. The van der Waals surface area contributed by atoms with Crippen molar-refractivity contribution in [2.45, 2.75) is 13.5 Å². The van der Waals surface area contributed by atoms with Gasteiger partial charge in [0.25, 0.3) is 0 Å². The van der Waals surface area contributed by atoms with E-state index in [1.165, 1.54) is 12.1 Å². The molecule has 1 amide bonds. The number of halogens is 1. The van der Waals surface area contributed by atoms with Gasteiger partial charge in [0.05, 0.1) is 18.0 Å². The van der Waals surface area contributed by atoms with Gasteiger partial charge in [-0.1, -0.05) is 24.3 Å². The summed E-state index contributed by atoms with van der Waals surface area (Å²) in [5.41, 5.74) is 2.85. The Kier molecular flexibility index (Phi) is 6.77. The van der Waals surface area contributed by atoms with Crippen LogP contribution in [0, 0.1) is 5.82 Å². The second-order valence-corrected chi connectivity index (χ2v) is 7.91. The van der Waals surface area contributed by atoms with Gasteiger partial charge in [0, 0.05) is 34.8 Å². The molecular formula is C25H22FN3O2S. The van der Waals surface area contributed by atoms with Crippen LogP contribution in [0.5, 0.6) is 5.75 Å². The predicted molar refractivity (Wildman–Crippen MR) is 125 cm³/mol. The largest absolute Gasteiger partial charge is 0.491 e. The highest BCUT2D eigenvalue weighted by Crippen LogP contribution is 2.28. The van der Waals surface area contributed by atoms with E-state index < -0.39 is 5.82 Å². The lowest BCUT2D eigenvalue weighted by atomic mass is 10.1. The summed E-state index contributed by atoms with van der Waals surface area (Å²) >= 11 is 1.56. The van der Waals surface area contributed by atoms with Crippen LogP contribution in [-0.4, -0.2) is 22.3 Å². The Balaban J connectivity index is 1.60. The summed E-state index contributed by atoms with van der Waals surface area (Å²) in [5, 5.41) is 9.52. The van der Waals surface area contributed by atoms with E-state index in [-0.39, 0.29) is 18.2 Å². The van der Waals surface area contributed by atoms with Crippen LogP contribution in [0.25, 0.3) is 23.0 Å². The SMILES string of the molecule is CCOc1ccc(-c2nn(-c3ccccc3)cc2CNC(=O)/C=C/c2cccs2)cc1F. The van der Waals surface area contributed by atoms with E-state index in [0.717, 1.165) is 16.1 Å². The average Bonchev–Trinajstić information content (AvgIpc) is 3.48. The summed E-state index contributed by atoms with van der Waals surface area (Å²) in [6, 6.07) is 18.3. The van der Waals surface area contributed by atoms with E-state index in [2.05, 4.69) is 10.4 Å². The molecule has 0 spiro atoms. The first-order valence-electron chi connectivity index (χ1n) is 10.2. The van der Waals surface area contributed by atoms with Crippen molar-refractivity contribution in [1.82, 2.24) is 15.1 Å². The quantitative estimate of drug-likeness (QED) is 0.365. The first kappa shape index (κ1) is 21.5. The van der Waals surface area contributed by atoms with Gasteiger partial charge in [-0.2, -0.15) is 5.10 Å². The fourth-order valence-corrected chi connectivity index (χ4v) is 3.82. The van der Waals surface area contributed by atoms with Gasteiger partial charge >= 0.3 is 0 Å². The van der Waals surface area contributed by atoms with Crippen LogP contribution >= 0.6 is 11.3 Å². The molecule has 4 rings (SSSR count). The topological polar surface area (TPSA) is 56.1 Å². The van der Waals surface area contributed by atoms with Gasteiger partial charge in [-0.25, -0.2) is 9.07 Å². The van der Waals surface area contributed by atoms with Crippen molar-refractivity contribution in [1.29, 1.82) is 0 Å². The van der Waals surface area contributed by atoms with Crippen LogP contribution in [0.1, 0.15) is 17.4 Å². The second-order valence-electron chi connectivity index (χ2n) is 6.93. The highest BCUT2D eigenvalue weighted by Gasteiger charge is 2.15. The van der Waals surface area contributed by atoms with E-state index in [4.69, 9.17) is 4.74 Å². The molecule has 0 unspecified atom stereocenters. The molecule has 7 heteroatoms. The van der Waals surface area contributed by atoms with Crippen molar-refractivity contribution in [2.75, 3.05) is 6.61 Å². The van der Waals surface area contributed by atoms with Crippen LogP contribution in [0.3, 0.4) is 0 Å². The highest BCUT2D eigenvalue weighted by molar-refractivity contribution is 7.10. The van der Waals surface area contributed by atoms with Crippen molar-refractivity contribution >= 4 is 23.3 Å². The molecule has 0 bridgehead atoms. The molecule has 32 heavy (non-hydrogen) atoms. The number of aromatic nitrogens is 2. The number of nitrogens with one attached hydrogen (secondary N) is 1. The summed E-state index contributed by atoms with van der Waals surface area (Å²) < 4.78 is 21.5. The van der Waals surface area contributed by atoms with Crippen LogP contribution in [0.2, 0.25) is 0 Å². The van der Waals surface area contributed by atoms with Crippen molar-refractivity contribution in [3.8, 4) is 22.7 Å². The molecule has 4 aromatic rings. The summed E-state index contributed by atoms with van der Waals surface area (Å²) in [6.07, 6.45) is 5.13. The summed E-state index contributed by atoms with van der Waals surface area (Å²) in [5.74, 6) is -0.463. The van der Waals surface area contributed by atoms with Gasteiger partial charge in [-0.15, -0.1) is 11.3 Å². The Morgan fingerprint density at radius 3 is 2.75 bits per heavy atom. The summed E-state index contributed by atoms with van der Waals surface area (Å²) in [7, 11) is 0. The van der Waals surface area contributed by atoms with Gasteiger partial charge in [-0.3, -0.25) is 4.79 Å². The molecule has 2 aromatic heterocycles.